The maximum Gasteiger partial charge on any atom is 0.261 e. The summed E-state index contributed by atoms with van der Waals surface area (Å²) in [5.41, 5.74) is 1.59. The highest BCUT2D eigenvalue weighted by atomic mass is 16.5. The number of para-hydroxylation sites is 1. The third kappa shape index (κ3) is 4.47. The Hall–Kier alpha value is -3.36. The lowest BCUT2D eigenvalue weighted by Gasteiger charge is -2.53. The molecule has 2 atom stereocenters. The number of carbonyl (C=O) groups is 1. The zero-order valence-corrected chi connectivity index (χ0v) is 20.6. The van der Waals surface area contributed by atoms with E-state index in [-0.39, 0.29) is 11.9 Å². The minimum Gasteiger partial charge on any atom is -0.436 e. The predicted molar refractivity (Wildman–Crippen MR) is 137 cm³/mol. The second-order valence-corrected chi connectivity index (χ2v) is 9.84. The second-order valence-electron chi connectivity index (χ2n) is 9.84. The van der Waals surface area contributed by atoms with E-state index in [1.165, 1.54) is 0 Å². The van der Waals surface area contributed by atoms with Gasteiger partial charge in [-0.1, -0.05) is 18.2 Å². The number of amides is 1. The fourth-order valence-electron chi connectivity index (χ4n) is 5.87. The van der Waals surface area contributed by atoms with Crippen molar-refractivity contribution < 1.29 is 18.8 Å². The van der Waals surface area contributed by atoms with Crippen molar-refractivity contribution in [3.63, 3.8) is 0 Å². The van der Waals surface area contributed by atoms with Gasteiger partial charge in [0.15, 0.2) is 0 Å². The average molecular weight is 489 g/mol. The summed E-state index contributed by atoms with van der Waals surface area (Å²) in [6.07, 6.45) is 2.28. The molecule has 1 aromatic heterocycles. The molecule has 4 aliphatic rings. The fraction of sp³-hybridized carbons (Fsp3) is 0.429. The van der Waals surface area contributed by atoms with Gasteiger partial charge in [-0.25, -0.2) is 0 Å². The first-order valence-corrected chi connectivity index (χ1v) is 12.9. The molecule has 0 N–H and O–H groups in total. The first-order chi connectivity index (χ1) is 17.7. The second kappa shape index (κ2) is 9.95. The van der Waals surface area contributed by atoms with Crippen LogP contribution in [0.1, 0.15) is 30.1 Å². The molecule has 8 heteroatoms. The van der Waals surface area contributed by atoms with E-state index in [0.717, 1.165) is 44.7 Å². The number of hydrogen-bond acceptors (Lipinski definition) is 7. The van der Waals surface area contributed by atoms with Gasteiger partial charge < -0.3 is 23.8 Å². The number of benzene rings is 2. The van der Waals surface area contributed by atoms with E-state index in [2.05, 4.69) is 21.9 Å². The van der Waals surface area contributed by atoms with Crippen molar-refractivity contribution in [3.05, 3.63) is 66.2 Å². The summed E-state index contributed by atoms with van der Waals surface area (Å²) in [5.74, 6) is 2.21. The Morgan fingerprint density at radius 2 is 1.72 bits per heavy atom. The van der Waals surface area contributed by atoms with Crippen LogP contribution >= 0.6 is 0 Å². The number of hydrogen-bond donors (Lipinski definition) is 0. The molecule has 0 spiro atoms. The predicted octanol–water partition coefficient (Wildman–Crippen LogP) is 4.43. The summed E-state index contributed by atoms with van der Waals surface area (Å²) < 4.78 is 16.7. The van der Waals surface area contributed by atoms with Crippen LogP contribution in [0.25, 0.3) is 0 Å². The maximum atomic E-state index is 13.9. The van der Waals surface area contributed by atoms with Crippen LogP contribution in [0.4, 0.5) is 11.6 Å². The van der Waals surface area contributed by atoms with E-state index in [4.69, 9.17) is 14.0 Å². The Bertz CT molecular complexity index is 1170. The molecule has 8 nitrogen and oxygen atoms in total. The minimum absolute atomic E-state index is 0.0226. The van der Waals surface area contributed by atoms with Crippen molar-refractivity contribution in [2.45, 2.75) is 31.8 Å². The zero-order chi connectivity index (χ0) is 24.5. The third-order valence-electron chi connectivity index (χ3n) is 7.80. The van der Waals surface area contributed by atoms with Crippen LogP contribution in [0.15, 0.2) is 65.2 Å². The number of morpholine rings is 1. The SMILES string of the molecule is C[C@H]1[C@H](N(C(=O)c2ccc(Oc3cc(N4CCOCC4)on3)cc2)c2ccccc2)C2CCN1CC2. The molecule has 1 amide bonds. The van der Waals surface area contributed by atoms with E-state index in [1.807, 2.05) is 59.5 Å². The molecule has 0 saturated carbocycles. The van der Waals surface area contributed by atoms with Crippen LogP contribution in [0.3, 0.4) is 0 Å². The number of piperidine rings is 3. The van der Waals surface area contributed by atoms with Crippen LogP contribution in [-0.2, 0) is 4.74 Å². The van der Waals surface area contributed by atoms with Gasteiger partial charge in [-0.2, -0.15) is 0 Å². The molecule has 4 saturated heterocycles. The molecule has 5 heterocycles. The molecule has 4 fully saturated rings. The molecule has 0 radical (unpaired) electrons. The summed E-state index contributed by atoms with van der Waals surface area (Å²) in [6, 6.07) is 19.7. The van der Waals surface area contributed by atoms with Crippen molar-refractivity contribution >= 4 is 17.5 Å². The van der Waals surface area contributed by atoms with E-state index in [9.17, 15) is 4.79 Å². The van der Waals surface area contributed by atoms with Gasteiger partial charge in [-0.3, -0.25) is 9.69 Å². The number of nitrogens with zero attached hydrogens (tertiary/aromatic N) is 4. The number of rotatable bonds is 6. The van der Waals surface area contributed by atoms with Crippen LogP contribution < -0.4 is 14.5 Å². The van der Waals surface area contributed by atoms with Gasteiger partial charge in [0.25, 0.3) is 11.8 Å². The monoisotopic (exact) mass is 488 g/mol. The molecule has 0 aliphatic carbocycles. The van der Waals surface area contributed by atoms with Gasteiger partial charge in [0, 0.05) is 30.4 Å². The normalized spacial score (nSPS) is 25.5. The Balaban J connectivity index is 1.21. The number of anilines is 2. The van der Waals surface area contributed by atoms with Gasteiger partial charge in [-0.05, 0) is 80.3 Å². The van der Waals surface area contributed by atoms with E-state index < -0.39 is 0 Å². The highest BCUT2D eigenvalue weighted by Crippen LogP contribution is 2.38. The molecule has 36 heavy (non-hydrogen) atoms. The van der Waals surface area contributed by atoms with Crippen molar-refractivity contribution in [3.8, 4) is 11.6 Å². The highest BCUT2D eigenvalue weighted by Gasteiger charge is 2.45. The zero-order valence-electron chi connectivity index (χ0n) is 20.6. The van der Waals surface area contributed by atoms with Crippen LogP contribution in [0.5, 0.6) is 11.6 Å². The van der Waals surface area contributed by atoms with Crippen molar-refractivity contribution in [1.29, 1.82) is 0 Å². The molecular formula is C28H32N4O4. The van der Waals surface area contributed by atoms with E-state index in [0.29, 0.717) is 48.3 Å². The third-order valence-corrected chi connectivity index (χ3v) is 7.80. The summed E-state index contributed by atoms with van der Waals surface area (Å²) in [6.45, 7) is 7.39. The van der Waals surface area contributed by atoms with Crippen LogP contribution in [0.2, 0.25) is 0 Å². The van der Waals surface area contributed by atoms with Crippen LogP contribution in [0, 0.1) is 5.92 Å². The number of ether oxygens (including phenoxy) is 2. The van der Waals surface area contributed by atoms with Crippen molar-refractivity contribution in [1.82, 2.24) is 10.1 Å². The summed E-state index contributed by atoms with van der Waals surface area (Å²) in [4.78, 5) is 20.6. The summed E-state index contributed by atoms with van der Waals surface area (Å²) in [5, 5.41) is 4.04. The number of fused-ring (bicyclic) bond motifs is 3. The van der Waals surface area contributed by atoms with E-state index >= 15 is 0 Å². The molecule has 2 aromatic carbocycles. The highest BCUT2D eigenvalue weighted by molar-refractivity contribution is 6.06. The van der Waals surface area contributed by atoms with Crippen LogP contribution in [-0.4, -0.2) is 67.4 Å². The lowest BCUT2D eigenvalue weighted by Crippen LogP contribution is -2.63. The smallest absolute Gasteiger partial charge is 0.261 e. The molecule has 0 unspecified atom stereocenters. The Kier molecular flexibility index (Phi) is 6.37. The summed E-state index contributed by atoms with van der Waals surface area (Å²) in [7, 11) is 0. The van der Waals surface area contributed by atoms with Crippen molar-refractivity contribution in [2.24, 2.45) is 5.92 Å². The Labute approximate surface area is 211 Å². The summed E-state index contributed by atoms with van der Waals surface area (Å²) >= 11 is 0. The van der Waals surface area contributed by atoms with Gasteiger partial charge in [0.1, 0.15) is 5.75 Å². The minimum atomic E-state index is 0.0226. The van der Waals surface area contributed by atoms with Gasteiger partial charge in [-0.15, -0.1) is 0 Å². The molecule has 188 valence electrons. The van der Waals surface area contributed by atoms with E-state index in [1.54, 1.807) is 6.07 Å². The standard InChI is InChI=1S/C28H32N4O4/c1-20-27(21-11-13-30(20)14-12-21)32(23-5-3-2-4-6-23)28(33)22-7-9-24(10-8-22)35-25-19-26(36-29-25)31-15-17-34-18-16-31/h2-10,19-21,27H,11-18H2,1H3/t20-,27-/m0/s1. The fourth-order valence-corrected chi connectivity index (χ4v) is 5.87. The molecule has 3 aromatic rings. The molecule has 7 rings (SSSR count). The van der Waals surface area contributed by atoms with Crippen molar-refractivity contribution in [2.75, 3.05) is 49.2 Å². The van der Waals surface area contributed by atoms with Gasteiger partial charge in [0.2, 0.25) is 5.88 Å². The Morgan fingerprint density at radius 3 is 2.42 bits per heavy atom. The number of carbonyl (C=O) groups excluding carboxylic acids is 1. The average Bonchev–Trinajstić information content (AvgIpc) is 3.41. The van der Waals surface area contributed by atoms with Gasteiger partial charge >= 0.3 is 0 Å². The lowest BCUT2D eigenvalue weighted by molar-refractivity contribution is 0.0327. The molecule has 2 bridgehead atoms. The maximum absolute atomic E-state index is 13.9. The quantitative estimate of drug-likeness (QED) is 0.508. The first-order valence-electron chi connectivity index (χ1n) is 12.9. The van der Waals surface area contributed by atoms with Gasteiger partial charge in [0.05, 0.1) is 25.3 Å². The largest absolute Gasteiger partial charge is 0.436 e. The topological polar surface area (TPSA) is 71.3 Å². The molecule has 4 aliphatic heterocycles. The Morgan fingerprint density at radius 1 is 1.00 bits per heavy atom. The first kappa shape index (κ1) is 23.1. The molecular weight excluding hydrogens is 456 g/mol. The number of aromatic nitrogens is 1. The lowest BCUT2D eigenvalue weighted by atomic mass is 9.78.